The summed E-state index contributed by atoms with van der Waals surface area (Å²) in [7, 11) is 0. The number of amidine groups is 2. The van der Waals surface area contributed by atoms with Gasteiger partial charge in [-0.2, -0.15) is 9.98 Å². The Morgan fingerprint density at radius 3 is 1.43 bits per heavy atom. The van der Waals surface area contributed by atoms with Gasteiger partial charge in [0.15, 0.2) is 0 Å². The molecule has 2 heterocycles. The first-order chi connectivity index (χ1) is 10.7. The number of nitrogens with zero attached hydrogens (tertiary/aromatic N) is 4. The molecule has 4 amide bonds. The predicted octanol–water partition coefficient (Wildman–Crippen LogP) is -0.755. The maximum absolute atomic E-state index is 12.0. The minimum atomic E-state index is -1.36. The molecule has 124 valence electrons. The predicted molar refractivity (Wildman–Crippen MR) is 75.9 cm³/mol. The summed E-state index contributed by atoms with van der Waals surface area (Å²) in [6, 6.07) is -0.437. The Morgan fingerprint density at radius 1 is 0.826 bits per heavy atom. The second-order valence-electron chi connectivity index (χ2n) is 5.10. The van der Waals surface area contributed by atoms with E-state index in [1.807, 2.05) is 0 Å². The lowest BCUT2D eigenvalue weighted by molar-refractivity contribution is -0.139. The lowest BCUT2D eigenvalue weighted by Crippen LogP contribution is -2.62. The van der Waals surface area contributed by atoms with Gasteiger partial charge in [0.2, 0.25) is 29.3 Å². The topological polar surface area (TPSA) is 118 Å². The van der Waals surface area contributed by atoms with E-state index < -0.39 is 29.3 Å². The van der Waals surface area contributed by atoms with E-state index >= 15 is 0 Å². The summed E-state index contributed by atoms with van der Waals surface area (Å²) in [6.07, 6.45) is 0. The highest BCUT2D eigenvalue weighted by Crippen LogP contribution is 2.34. The molecular weight excluding hydrogens is 308 g/mol. The van der Waals surface area contributed by atoms with E-state index in [1.54, 1.807) is 0 Å². The van der Waals surface area contributed by atoms with Crippen molar-refractivity contribution in [2.24, 2.45) is 9.98 Å². The van der Waals surface area contributed by atoms with Crippen molar-refractivity contribution in [2.75, 3.05) is 13.2 Å². The second kappa shape index (κ2) is 5.78. The quantitative estimate of drug-likeness (QED) is 0.578. The van der Waals surface area contributed by atoms with E-state index in [2.05, 4.69) is 9.98 Å². The van der Waals surface area contributed by atoms with Gasteiger partial charge in [-0.1, -0.05) is 0 Å². The molecule has 0 radical (unpaired) electrons. The van der Waals surface area contributed by atoms with Crippen LogP contribution in [-0.4, -0.2) is 64.3 Å². The van der Waals surface area contributed by atoms with Crippen molar-refractivity contribution >= 4 is 35.7 Å². The molecule has 0 saturated carbocycles. The third kappa shape index (κ3) is 2.79. The fourth-order valence-corrected chi connectivity index (χ4v) is 2.53. The number of carbonyl (C=O) groups excluding carboxylic acids is 4. The van der Waals surface area contributed by atoms with Gasteiger partial charge < -0.3 is 9.47 Å². The van der Waals surface area contributed by atoms with E-state index in [-0.39, 0.29) is 25.3 Å². The molecule has 0 atom stereocenters. The maximum atomic E-state index is 12.0. The van der Waals surface area contributed by atoms with Crippen molar-refractivity contribution in [3.8, 4) is 0 Å². The molecule has 2 aliphatic heterocycles. The standard InChI is InChI=1S/C13H16N4O6/c1-7(18)14-11-16(9(3)20)13(5-22-11)6-23-12(15-8(2)19)17(13)10(4)21/h5-6H2,1-4H3. The van der Waals surface area contributed by atoms with Crippen LogP contribution in [0.1, 0.15) is 27.7 Å². The normalized spacial score (nSPS) is 26.6. The van der Waals surface area contributed by atoms with Gasteiger partial charge in [0, 0.05) is 27.7 Å². The summed E-state index contributed by atoms with van der Waals surface area (Å²) in [5.41, 5.74) is -1.36. The minimum absolute atomic E-state index is 0.158. The first-order valence-corrected chi connectivity index (χ1v) is 6.75. The Labute approximate surface area is 131 Å². The van der Waals surface area contributed by atoms with Gasteiger partial charge in [-0.05, 0) is 0 Å². The zero-order valence-corrected chi connectivity index (χ0v) is 13.2. The van der Waals surface area contributed by atoms with Crippen molar-refractivity contribution in [3.63, 3.8) is 0 Å². The summed E-state index contributed by atoms with van der Waals surface area (Å²) >= 11 is 0. The number of amides is 4. The third-order valence-corrected chi connectivity index (χ3v) is 3.22. The number of carbonyl (C=O) groups is 4. The number of hydrogen-bond acceptors (Lipinski definition) is 6. The lowest BCUT2D eigenvalue weighted by atomic mass is 10.1. The van der Waals surface area contributed by atoms with Gasteiger partial charge in [-0.3, -0.25) is 19.2 Å². The monoisotopic (exact) mass is 324 g/mol. The Morgan fingerprint density at radius 2 is 1.17 bits per heavy atom. The van der Waals surface area contributed by atoms with Gasteiger partial charge in [-0.15, -0.1) is 0 Å². The van der Waals surface area contributed by atoms with Gasteiger partial charge >= 0.3 is 12.0 Å². The molecular formula is C13H16N4O6. The number of hydrogen-bond donors (Lipinski definition) is 0. The smallest absolute Gasteiger partial charge is 0.304 e. The molecule has 2 saturated heterocycles. The summed E-state index contributed by atoms with van der Waals surface area (Å²) in [5, 5.41) is 0. The highest BCUT2D eigenvalue weighted by molar-refractivity contribution is 6.05. The summed E-state index contributed by atoms with van der Waals surface area (Å²) < 4.78 is 10.7. The number of rotatable bonds is 0. The Bertz CT molecular complexity index is 597. The highest BCUT2D eigenvalue weighted by Gasteiger charge is 2.60. The van der Waals surface area contributed by atoms with Crippen LogP contribution in [0.5, 0.6) is 0 Å². The van der Waals surface area contributed by atoms with Crippen LogP contribution in [0.15, 0.2) is 9.98 Å². The average molecular weight is 324 g/mol. The zero-order valence-electron chi connectivity index (χ0n) is 13.2. The van der Waals surface area contributed by atoms with E-state index in [0.717, 1.165) is 9.80 Å². The van der Waals surface area contributed by atoms with Crippen molar-refractivity contribution in [3.05, 3.63) is 0 Å². The first kappa shape index (κ1) is 16.6. The third-order valence-electron chi connectivity index (χ3n) is 3.22. The minimum Gasteiger partial charge on any atom is -0.460 e. The maximum Gasteiger partial charge on any atom is 0.304 e. The van der Waals surface area contributed by atoms with Gasteiger partial charge in [-0.25, -0.2) is 9.80 Å². The number of ether oxygens (including phenoxy) is 2. The summed E-state index contributed by atoms with van der Waals surface area (Å²) in [4.78, 5) is 55.9. The fraction of sp³-hybridized carbons (Fsp3) is 0.538. The summed E-state index contributed by atoms with van der Waals surface area (Å²) in [6.45, 7) is 4.58. The Kier molecular flexibility index (Phi) is 4.17. The van der Waals surface area contributed by atoms with Crippen LogP contribution in [0.4, 0.5) is 0 Å². The van der Waals surface area contributed by atoms with Crippen molar-refractivity contribution in [1.29, 1.82) is 0 Å². The van der Waals surface area contributed by atoms with Crippen LogP contribution in [0, 0.1) is 0 Å². The molecule has 0 N–H and O–H groups in total. The van der Waals surface area contributed by atoms with Crippen LogP contribution in [0.2, 0.25) is 0 Å². The Balaban J connectivity index is 2.55. The molecule has 0 aromatic rings. The molecule has 0 aliphatic carbocycles. The zero-order chi connectivity index (χ0) is 17.4. The Hall–Kier alpha value is -2.78. The van der Waals surface area contributed by atoms with E-state index in [4.69, 9.17) is 9.47 Å². The molecule has 23 heavy (non-hydrogen) atoms. The molecule has 0 unspecified atom stereocenters. The van der Waals surface area contributed by atoms with E-state index in [1.165, 1.54) is 27.7 Å². The van der Waals surface area contributed by atoms with Gasteiger partial charge in [0.05, 0.1) is 0 Å². The molecule has 2 fully saturated rings. The number of aliphatic imine (C=N–C) groups is 2. The van der Waals surface area contributed by atoms with E-state index in [9.17, 15) is 19.2 Å². The molecule has 10 nitrogen and oxygen atoms in total. The van der Waals surface area contributed by atoms with Crippen molar-refractivity contribution < 1.29 is 28.7 Å². The average Bonchev–Trinajstić information content (AvgIpc) is 2.91. The molecule has 10 heteroatoms. The van der Waals surface area contributed by atoms with Gasteiger partial charge in [0.25, 0.3) is 0 Å². The summed E-state index contributed by atoms with van der Waals surface area (Å²) in [5.74, 6) is -2.12. The van der Waals surface area contributed by atoms with Gasteiger partial charge in [0.1, 0.15) is 13.2 Å². The molecule has 2 aliphatic rings. The lowest BCUT2D eigenvalue weighted by Gasteiger charge is -2.34. The fourth-order valence-electron chi connectivity index (χ4n) is 2.53. The van der Waals surface area contributed by atoms with Crippen LogP contribution in [0.25, 0.3) is 0 Å². The van der Waals surface area contributed by atoms with E-state index in [0.29, 0.717) is 0 Å². The molecule has 0 aromatic heterocycles. The largest absolute Gasteiger partial charge is 0.460 e. The van der Waals surface area contributed by atoms with Crippen molar-refractivity contribution in [2.45, 2.75) is 33.4 Å². The first-order valence-electron chi connectivity index (χ1n) is 6.75. The molecule has 2 rings (SSSR count). The molecule has 0 aromatic carbocycles. The second-order valence-corrected chi connectivity index (χ2v) is 5.10. The van der Waals surface area contributed by atoms with Crippen LogP contribution in [0.3, 0.4) is 0 Å². The van der Waals surface area contributed by atoms with Crippen molar-refractivity contribution in [1.82, 2.24) is 9.80 Å². The molecule has 1 spiro atoms. The van der Waals surface area contributed by atoms with Crippen LogP contribution < -0.4 is 0 Å². The molecule has 0 bridgehead atoms. The van der Waals surface area contributed by atoms with Crippen LogP contribution >= 0.6 is 0 Å². The highest BCUT2D eigenvalue weighted by atomic mass is 16.6. The van der Waals surface area contributed by atoms with Crippen LogP contribution in [-0.2, 0) is 28.7 Å². The SMILES string of the molecule is CC(=O)N=C1OCC2(COC(=NC(C)=O)N2C(C)=O)N1C(C)=O.